The Balaban J connectivity index is 1.76. The van der Waals surface area contributed by atoms with Gasteiger partial charge in [0.2, 0.25) is 5.91 Å². The summed E-state index contributed by atoms with van der Waals surface area (Å²) in [6, 6.07) is 14.8. The van der Waals surface area contributed by atoms with Gasteiger partial charge in [-0.2, -0.15) is 0 Å². The SMILES string of the molecule is C=C(C)CN1C(=O)COc2ccc(NC(=O)/C=C/c3ccccc3)cc21. The lowest BCUT2D eigenvalue weighted by Crippen LogP contribution is -2.39. The van der Waals surface area contributed by atoms with E-state index < -0.39 is 0 Å². The third-order valence-electron chi connectivity index (χ3n) is 3.82. The molecule has 1 aliphatic rings. The molecule has 1 heterocycles. The summed E-state index contributed by atoms with van der Waals surface area (Å²) in [5.74, 6) is 0.236. The highest BCUT2D eigenvalue weighted by molar-refractivity contribution is 6.03. The molecule has 0 aliphatic carbocycles. The summed E-state index contributed by atoms with van der Waals surface area (Å²) in [4.78, 5) is 25.9. The van der Waals surface area contributed by atoms with Crippen LogP contribution >= 0.6 is 0 Å². The summed E-state index contributed by atoms with van der Waals surface area (Å²) < 4.78 is 5.47. The maximum absolute atomic E-state index is 12.2. The van der Waals surface area contributed by atoms with Crippen LogP contribution in [0.25, 0.3) is 6.08 Å². The summed E-state index contributed by atoms with van der Waals surface area (Å²) in [5, 5.41) is 2.81. The topological polar surface area (TPSA) is 58.6 Å². The third kappa shape index (κ3) is 4.19. The van der Waals surface area contributed by atoms with Crippen molar-refractivity contribution in [3.63, 3.8) is 0 Å². The molecular formula is C21H20N2O3. The van der Waals surface area contributed by atoms with Gasteiger partial charge < -0.3 is 15.0 Å². The Kier molecular flexibility index (Phi) is 5.17. The van der Waals surface area contributed by atoms with Gasteiger partial charge in [0.25, 0.3) is 5.91 Å². The van der Waals surface area contributed by atoms with Crippen molar-refractivity contribution < 1.29 is 14.3 Å². The summed E-state index contributed by atoms with van der Waals surface area (Å²) >= 11 is 0. The number of carbonyl (C=O) groups excluding carboxylic acids is 2. The van der Waals surface area contributed by atoms with Gasteiger partial charge in [0, 0.05) is 18.3 Å². The number of amides is 2. The van der Waals surface area contributed by atoms with E-state index in [1.54, 1.807) is 29.2 Å². The van der Waals surface area contributed by atoms with E-state index >= 15 is 0 Å². The first-order chi connectivity index (χ1) is 12.5. The molecule has 26 heavy (non-hydrogen) atoms. The van der Waals surface area contributed by atoms with Crippen molar-refractivity contribution in [2.75, 3.05) is 23.4 Å². The Bertz CT molecular complexity index is 872. The van der Waals surface area contributed by atoms with E-state index in [9.17, 15) is 9.59 Å². The molecular weight excluding hydrogens is 328 g/mol. The molecule has 3 rings (SSSR count). The number of hydrogen-bond acceptors (Lipinski definition) is 3. The zero-order valence-corrected chi connectivity index (χ0v) is 14.6. The van der Waals surface area contributed by atoms with E-state index in [0.717, 1.165) is 11.1 Å². The second-order valence-electron chi connectivity index (χ2n) is 6.14. The van der Waals surface area contributed by atoms with Gasteiger partial charge in [-0.1, -0.05) is 42.5 Å². The number of fused-ring (bicyclic) bond motifs is 1. The highest BCUT2D eigenvalue weighted by Crippen LogP contribution is 2.34. The summed E-state index contributed by atoms with van der Waals surface area (Å²) in [6.45, 7) is 6.15. The Hall–Kier alpha value is -3.34. The number of nitrogens with one attached hydrogen (secondary N) is 1. The number of benzene rings is 2. The van der Waals surface area contributed by atoms with Crippen molar-refractivity contribution in [1.82, 2.24) is 0 Å². The van der Waals surface area contributed by atoms with Crippen LogP contribution in [0.15, 0.2) is 66.8 Å². The van der Waals surface area contributed by atoms with Crippen LogP contribution in [0.2, 0.25) is 0 Å². The van der Waals surface area contributed by atoms with E-state index in [1.165, 1.54) is 6.08 Å². The predicted octanol–water partition coefficient (Wildman–Crippen LogP) is 3.64. The van der Waals surface area contributed by atoms with E-state index in [0.29, 0.717) is 23.7 Å². The van der Waals surface area contributed by atoms with Gasteiger partial charge in [0.15, 0.2) is 6.61 Å². The first kappa shape index (κ1) is 17.5. The van der Waals surface area contributed by atoms with E-state index in [1.807, 2.05) is 37.3 Å². The largest absolute Gasteiger partial charge is 0.482 e. The molecule has 5 heteroatoms. The van der Waals surface area contributed by atoms with Gasteiger partial charge in [-0.15, -0.1) is 0 Å². The molecule has 2 aromatic rings. The van der Waals surface area contributed by atoms with Crippen LogP contribution in [0.5, 0.6) is 5.75 Å². The van der Waals surface area contributed by atoms with Crippen LogP contribution in [-0.4, -0.2) is 25.0 Å². The monoisotopic (exact) mass is 348 g/mol. The number of nitrogens with zero attached hydrogens (tertiary/aromatic N) is 1. The zero-order chi connectivity index (χ0) is 18.5. The van der Waals surface area contributed by atoms with Crippen molar-refractivity contribution in [3.05, 3.63) is 72.3 Å². The molecule has 1 aliphatic heterocycles. The fourth-order valence-electron chi connectivity index (χ4n) is 2.64. The normalized spacial score (nSPS) is 13.3. The predicted molar refractivity (Wildman–Crippen MR) is 103 cm³/mol. The minimum atomic E-state index is -0.247. The number of ether oxygens (including phenoxy) is 1. The lowest BCUT2D eigenvalue weighted by atomic mass is 10.2. The fraction of sp³-hybridized carbons (Fsp3) is 0.143. The minimum absolute atomic E-state index is 0.00575. The number of carbonyl (C=O) groups is 2. The maximum Gasteiger partial charge on any atom is 0.265 e. The summed E-state index contributed by atoms with van der Waals surface area (Å²) in [5.41, 5.74) is 3.04. The Morgan fingerprint density at radius 1 is 1.27 bits per heavy atom. The number of rotatable bonds is 5. The van der Waals surface area contributed by atoms with Crippen molar-refractivity contribution in [2.24, 2.45) is 0 Å². The smallest absolute Gasteiger partial charge is 0.265 e. The van der Waals surface area contributed by atoms with Crippen LogP contribution in [-0.2, 0) is 9.59 Å². The first-order valence-electron chi connectivity index (χ1n) is 8.28. The van der Waals surface area contributed by atoms with Crippen LogP contribution in [0.1, 0.15) is 12.5 Å². The van der Waals surface area contributed by atoms with Gasteiger partial charge in [-0.25, -0.2) is 0 Å². The fourth-order valence-corrected chi connectivity index (χ4v) is 2.64. The van der Waals surface area contributed by atoms with Crippen LogP contribution in [0.3, 0.4) is 0 Å². The molecule has 0 fully saturated rings. The lowest BCUT2D eigenvalue weighted by Gasteiger charge is -2.30. The minimum Gasteiger partial charge on any atom is -0.482 e. The van der Waals surface area contributed by atoms with E-state index in [2.05, 4.69) is 11.9 Å². The first-order valence-corrected chi connectivity index (χ1v) is 8.28. The van der Waals surface area contributed by atoms with Gasteiger partial charge in [0.1, 0.15) is 5.75 Å². The number of anilines is 2. The molecule has 0 spiro atoms. The average molecular weight is 348 g/mol. The molecule has 0 unspecified atom stereocenters. The summed E-state index contributed by atoms with van der Waals surface area (Å²) in [6.07, 6.45) is 3.22. The Morgan fingerprint density at radius 3 is 2.77 bits per heavy atom. The van der Waals surface area contributed by atoms with E-state index in [-0.39, 0.29) is 18.4 Å². The molecule has 5 nitrogen and oxygen atoms in total. The molecule has 0 radical (unpaired) electrons. The van der Waals surface area contributed by atoms with Gasteiger partial charge in [-0.05, 0) is 36.8 Å². The standard InChI is InChI=1S/C21H20N2O3/c1-15(2)13-23-18-12-17(9-10-19(18)26-14-21(23)25)22-20(24)11-8-16-6-4-3-5-7-16/h3-12H,1,13-14H2,2H3,(H,22,24)/b11-8+. The van der Waals surface area contributed by atoms with Crippen LogP contribution in [0.4, 0.5) is 11.4 Å². The Morgan fingerprint density at radius 2 is 2.04 bits per heavy atom. The number of hydrogen-bond donors (Lipinski definition) is 1. The maximum atomic E-state index is 12.2. The third-order valence-corrected chi connectivity index (χ3v) is 3.82. The molecule has 0 atom stereocenters. The highest BCUT2D eigenvalue weighted by Gasteiger charge is 2.25. The van der Waals surface area contributed by atoms with Gasteiger partial charge >= 0.3 is 0 Å². The molecule has 0 bridgehead atoms. The summed E-state index contributed by atoms with van der Waals surface area (Å²) in [7, 11) is 0. The molecule has 132 valence electrons. The van der Waals surface area contributed by atoms with Crippen molar-refractivity contribution in [2.45, 2.75) is 6.92 Å². The second kappa shape index (κ2) is 7.70. The van der Waals surface area contributed by atoms with E-state index in [4.69, 9.17) is 4.74 Å². The molecule has 1 N–H and O–H groups in total. The molecule has 2 aromatic carbocycles. The quantitative estimate of drug-likeness (QED) is 0.663. The van der Waals surface area contributed by atoms with Crippen molar-refractivity contribution in [3.8, 4) is 5.75 Å². The zero-order valence-electron chi connectivity index (χ0n) is 14.6. The van der Waals surface area contributed by atoms with Gasteiger partial charge in [-0.3, -0.25) is 9.59 Å². The molecule has 0 saturated heterocycles. The van der Waals surface area contributed by atoms with Crippen LogP contribution < -0.4 is 15.0 Å². The van der Waals surface area contributed by atoms with Crippen molar-refractivity contribution >= 4 is 29.3 Å². The molecule has 0 saturated carbocycles. The Labute approximate surface area is 152 Å². The highest BCUT2D eigenvalue weighted by atomic mass is 16.5. The average Bonchev–Trinajstić information content (AvgIpc) is 2.63. The molecule has 2 amide bonds. The lowest BCUT2D eigenvalue weighted by molar-refractivity contribution is -0.121. The van der Waals surface area contributed by atoms with Crippen molar-refractivity contribution in [1.29, 1.82) is 0 Å². The second-order valence-corrected chi connectivity index (χ2v) is 6.14. The molecule has 0 aromatic heterocycles. The van der Waals surface area contributed by atoms with Crippen LogP contribution in [0, 0.1) is 0 Å². The van der Waals surface area contributed by atoms with Gasteiger partial charge in [0.05, 0.1) is 5.69 Å².